The molecule has 1 heterocycles. The van der Waals surface area contributed by atoms with Gasteiger partial charge in [-0.15, -0.1) is 0 Å². The Balaban J connectivity index is 1.72. The Labute approximate surface area is 149 Å². The minimum Gasteiger partial charge on any atom is -0.396 e. The van der Waals surface area contributed by atoms with Crippen LogP contribution in [0.15, 0.2) is 24.3 Å². The number of nitrogens with zero attached hydrogens (tertiary/aromatic N) is 2. The summed E-state index contributed by atoms with van der Waals surface area (Å²) >= 11 is 0. The van der Waals surface area contributed by atoms with Crippen molar-refractivity contribution in [2.45, 2.75) is 52.5 Å². The Morgan fingerprint density at radius 2 is 1.76 bits per heavy atom. The van der Waals surface area contributed by atoms with E-state index in [4.69, 9.17) is 0 Å². The van der Waals surface area contributed by atoms with Gasteiger partial charge in [0.25, 0.3) is 5.91 Å². The number of amides is 1. The van der Waals surface area contributed by atoms with Gasteiger partial charge in [-0.05, 0) is 81.7 Å². The fourth-order valence-electron chi connectivity index (χ4n) is 3.67. The van der Waals surface area contributed by atoms with Crippen molar-refractivity contribution in [3.05, 3.63) is 46.8 Å². The lowest BCUT2D eigenvalue weighted by Gasteiger charge is -2.27. The molecule has 0 aliphatic heterocycles. The smallest absolute Gasteiger partial charge is 0.272 e. The average molecular weight is 341 g/mol. The number of hydrogen-bond donors (Lipinski definition) is 2. The predicted octanol–water partition coefficient (Wildman–Crippen LogP) is 3.08. The van der Waals surface area contributed by atoms with E-state index in [2.05, 4.69) is 42.5 Å². The molecule has 134 valence electrons. The van der Waals surface area contributed by atoms with Crippen LogP contribution in [-0.4, -0.2) is 33.4 Å². The topological polar surface area (TPSA) is 67.2 Å². The highest BCUT2D eigenvalue weighted by atomic mass is 16.3. The van der Waals surface area contributed by atoms with Gasteiger partial charge < -0.3 is 10.4 Å². The predicted molar refractivity (Wildman–Crippen MR) is 98.1 cm³/mol. The molecule has 2 aromatic rings. The van der Waals surface area contributed by atoms with Crippen LogP contribution in [0.1, 0.15) is 53.0 Å². The van der Waals surface area contributed by atoms with Crippen molar-refractivity contribution in [3.63, 3.8) is 0 Å². The van der Waals surface area contributed by atoms with Gasteiger partial charge in [-0.1, -0.05) is 6.07 Å². The van der Waals surface area contributed by atoms with Crippen molar-refractivity contribution >= 4 is 5.91 Å². The fraction of sp³-hybridized carbons (Fsp3) is 0.500. The van der Waals surface area contributed by atoms with Gasteiger partial charge in [0, 0.05) is 18.3 Å². The second kappa shape index (κ2) is 7.40. The normalized spacial score (nSPS) is 20.5. The zero-order valence-electron chi connectivity index (χ0n) is 15.2. The van der Waals surface area contributed by atoms with Crippen molar-refractivity contribution in [1.29, 1.82) is 0 Å². The Hall–Kier alpha value is -2.14. The molecule has 1 saturated carbocycles. The van der Waals surface area contributed by atoms with Gasteiger partial charge in [-0.2, -0.15) is 5.10 Å². The molecule has 1 aromatic carbocycles. The standard InChI is InChI=1S/C20H27N3O2/c1-13-8-14(2)10-18(9-13)23-15(3)11-19(22-23)20(25)21-17-6-4-16(12-24)5-7-17/h8-11,16-17,24H,4-7,12H2,1-3H3,(H,21,25). The van der Waals surface area contributed by atoms with Crippen molar-refractivity contribution in [3.8, 4) is 5.69 Å². The number of carbonyl (C=O) groups excluding carboxylic acids is 1. The Morgan fingerprint density at radius 1 is 1.12 bits per heavy atom. The van der Waals surface area contributed by atoms with Gasteiger partial charge in [-0.25, -0.2) is 4.68 Å². The van der Waals surface area contributed by atoms with Crippen LogP contribution in [-0.2, 0) is 0 Å². The summed E-state index contributed by atoms with van der Waals surface area (Å²) < 4.78 is 1.83. The maximum absolute atomic E-state index is 12.6. The van der Waals surface area contributed by atoms with E-state index in [0.717, 1.165) is 37.1 Å². The summed E-state index contributed by atoms with van der Waals surface area (Å²) in [6, 6.07) is 8.29. The Kier molecular flexibility index (Phi) is 5.23. The minimum atomic E-state index is -0.112. The van der Waals surface area contributed by atoms with Crippen LogP contribution in [0.2, 0.25) is 0 Å². The largest absolute Gasteiger partial charge is 0.396 e. The number of aliphatic hydroxyl groups is 1. The van der Waals surface area contributed by atoms with E-state index in [1.807, 2.05) is 17.7 Å². The maximum atomic E-state index is 12.6. The summed E-state index contributed by atoms with van der Waals surface area (Å²) in [6.07, 6.45) is 3.79. The molecule has 3 rings (SSSR count). The van der Waals surface area contributed by atoms with Crippen molar-refractivity contribution in [2.24, 2.45) is 5.92 Å². The van der Waals surface area contributed by atoms with Crippen molar-refractivity contribution in [2.75, 3.05) is 6.61 Å². The highest BCUT2D eigenvalue weighted by Gasteiger charge is 2.23. The summed E-state index contributed by atoms with van der Waals surface area (Å²) in [6.45, 7) is 6.34. The number of carbonyl (C=O) groups is 1. The first-order chi connectivity index (χ1) is 12.0. The van der Waals surface area contributed by atoms with Gasteiger partial charge in [0.1, 0.15) is 0 Å². The molecule has 1 fully saturated rings. The summed E-state index contributed by atoms with van der Waals surface area (Å²) in [4.78, 5) is 12.6. The highest BCUT2D eigenvalue weighted by Crippen LogP contribution is 2.24. The van der Waals surface area contributed by atoms with Crippen LogP contribution < -0.4 is 5.32 Å². The number of nitrogens with one attached hydrogen (secondary N) is 1. The third-order valence-corrected chi connectivity index (χ3v) is 5.01. The van der Waals surface area contributed by atoms with Crippen LogP contribution >= 0.6 is 0 Å². The van der Waals surface area contributed by atoms with Gasteiger partial charge in [-0.3, -0.25) is 4.79 Å². The van der Waals surface area contributed by atoms with E-state index in [0.29, 0.717) is 11.6 Å². The molecule has 5 heteroatoms. The second-order valence-electron chi connectivity index (χ2n) is 7.30. The SMILES string of the molecule is Cc1cc(C)cc(-n2nc(C(=O)NC3CCC(CO)CC3)cc2C)c1. The molecule has 25 heavy (non-hydrogen) atoms. The summed E-state index contributed by atoms with van der Waals surface area (Å²) in [5, 5.41) is 16.8. The average Bonchev–Trinajstić information content (AvgIpc) is 2.97. The molecule has 0 bridgehead atoms. The molecule has 2 N–H and O–H groups in total. The lowest BCUT2D eigenvalue weighted by Crippen LogP contribution is -2.38. The lowest BCUT2D eigenvalue weighted by molar-refractivity contribution is 0.0908. The zero-order chi connectivity index (χ0) is 18.0. The number of aryl methyl sites for hydroxylation is 3. The zero-order valence-corrected chi connectivity index (χ0v) is 15.2. The first-order valence-electron chi connectivity index (χ1n) is 9.03. The first kappa shape index (κ1) is 17.7. The molecule has 0 spiro atoms. The molecule has 0 radical (unpaired) electrons. The van der Waals surface area contributed by atoms with Gasteiger partial charge in [0.05, 0.1) is 5.69 Å². The molecule has 1 amide bonds. The first-order valence-corrected chi connectivity index (χ1v) is 9.03. The molecule has 1 aliphatic rings. The summed E-state index contributed by atoms with van der Waals surface area (Å²) in [7, 11) is 0. The van der Waals surface area contributed by atoms with E-state index < -0.39 is 0 Å². The minimum absolute atomic E-state index is 0.112. The number of aliphatic hydroxyl groups excluding tert-OH is 1. The molecule has 0 unspecified atom stereocenters. The molecule has 0 atom stereocenters. The third-order valence-electron chi connectivity index (χ3n) is 5.01. The van der Waals surface area contributed by atoms with Gasteiger partial charge in [0.15, 0.2) is 5.69 Å². The molecule has 0 saturated heterocycles. The number of rotatable bonds is 4. The van der Waals surface area contributed by atoms with Crippen LogP contribution in [0.4, 0.5) is 0 Å². The molecule has 1 aliphatic carbocycles. The van der Waals surface area contributed by atoms with Crippen LogP contribution in [0.25, 0.3) is 5.69 Å². The van der Waals surface area contributed by atoms with E-state index in [1.165, 1.54) is 11.1 Å². The quantitative estimate of drug-likeness (QED) is 0.898. The van der Waals surface area contributed by atoms with E-state index >= 15 is 0 Å². The number of aromatic nitrogens is 2. The van der Waals surface area contributed by atoms with Crippen molar-refractivity contribution in [1.82, 2.24) is 15.1 Å². The fourth-order valence-corrected chi connectivity index (χ4v) is 3.67. The van der Waals surface area contributed by atoms with Crippen LogP contribution in [0.3, 0.4) is 0 Å². The third kappa shape index (κ3) is 4.10. The van der Waals surface area contributed by atoms with Gasteiger partial charge >= 0.3 is 0 Å². The molecule has 5 nitrogen and oxygen atoms in total. The Morgan fingerprint density at radius 3 is 2.36 bits per heavy atom. The highest BCUT2D eigenvalue weighted by molar-refractivity contribution is 5.92. The van der Waals surface area contributed by atoms with Gasteiger partial charge in [0.2, 0.25) is 0 Å². The van der Waals surface area contributed by atoms with E-state index in [-0.39, 0.29) is 18.6 Å². The number of hydrogen-bond acceptors (Lipinski definition) is 3. The maximum Gasteiger partial charge on any atom is 0.272 e. The monoisotopic (exact) mass is 341 g/mol. The lowest BCUT2D eigenvalue weighted by atomic mass is 9.86. The van der Waals surface area contributed by atoms with Crippen LogP contribution in [0.5, 0.6) is 0 Å². The van der Waals surface area contributed by atoms with E-state index in [1.54, 1.807) is 0 Å². The van der Waals surface area contributed by atoms with Crippen molar-refractivity contribution < 1.29 is 9.90 Å². The second-order valence-corrected chi connectivity index (χ2v) is 7.30. The Bertz CT molecular complexity index is 738. The van der Waals surface area contributed by atoms with Crippen LogP contribution in [0, 0.1) is 26.7 Å². The summed E-state index contributed by atoms with van der Waals surface area (Å²) in [5.74, 6) is 0.276. The molecule has 1 aromatic heterocycles. The molecular formula is C20H27N3O2. The molecular weight excluding hydrogens is 314 g/mol. The van der Waals surface area contributed by atoms with E-state index in [9.17, 15) is 9.90 Å². The number of benzene rings is 1. The summed E-state index contributed by atoms with van der Waals surface area (Å²) in [5.41, 5.74) is 4.74.